The van der Waals surface area contributed by atoms with Gasteiger partial charge >= 0.3 is 0 Å². The van der Waals surface area contributed by atoms with E-state index >= 15 is 0 Å². The summed E-state index contributed by atoms with van der Waals surface area (Å²) < 4.78 is 0. The maximum atomic E-state index is 5.73. The van der Waals surface area contributed by atoms with Gasteiger partial charge in [-0.05, 0) is 24.1 Å². The highest BCUT2D eigenvalue weighted by atomic mass is 35.5. The van der Waals surface area contributed by atoms with E-state index in [1.165, 1.54) is 0 Å². The van der Waals surface area contributed by atoms with E-state index in [0.29, 0.717) is 6.61 Å². The summed E-state index contributed by atoms with van der Waals surface area (Å²) in [5.41, 5.74) is 1.07. The Morgan fingerprint density at radius 2 is 2.08 bits per heavy atom. The second kappa shape index (κ2) is 5.60. The molecule has 0 aliphatic heterocycles. The lowest BCUT2D eigenvalue weighted by atomic mass is 10.2. The molecule has 0 spiro atoms. The van der Waals surface area contributed by atoms with E-state index < -0.39 is 0 Å². The zero-order chi connectivity index (χ0) is 9.52. The summed E-state index contributed by atoms with van der Waals surface area (Å²) >= 11 is 5.73. The molecule has 0 aliphatic rings. The second-order valence-corrected chi connectivity index (χ2v) is 3.03. The monoisotopic (exact) mass is 197 g/mol. The first-order valence-electron chi connectivity index (χ1n) is 4.21. The van der Waals surface area contributed by atoms with Crippen LogP contribution in [0.2, 0.25) is 5.02 Å². The van der Waals surface area contributed by atoms with E-state index in [1.807, 2.05) is 31.2 Å². The molecule has 0 radical (unpaired) electrons. The summed E-state index contributed by atoms with van der Waals surface area (Å²) in [5.74, 6) is 0. The zero-order valence-corrected chi connectivity index (χ0v) is 8.29. The van der Waals surface area contributed by atoms with E-state index in [9.17, 15) is 0 Å². The third-order valence-corrected chi connectivity index (χ3v) is 1.73. The third kappa shape index (κ3) is 3.95. The van der Waals surface area contributed by atoms with Gasteiger partial charge in [-0.15, -0.1) is 0 Å². The smallest absolute Gasteiger partial charge is 0.142 e. The Labute approximate surface area is 83.2 Å². The molecule has 3 heteroatoms. The van der Waals surface area contributed by atoms with Crippen LogP contribution in [0.3, 0.4) is 0 Å². The number of rotatable bonds is 4. The summed E-state index contributed by atoms with van der Waals surface area (Å²) in [6.45, 7) is 2.50. The molecule has 0 amide bonds. The van der Waals surface area contributed by atoms with E-state index in [4.69, 9.17) is 16.4 Å². The molecular weight excluding hydrogens is 186 g/mol. The van der Waals surface area contributed by atoms with Gasteiger partial charge in [-0.25, -0.2) is 0 Å². The first-order chi connectivity index (χ1) is 6.33. The van der Waals surface area contributed by atoms with Crippen LogP contribution in [0.4, 0.5) is 0 Å². The molecule has 0 saturated heterocycles. The minimum Gasteiger partial charge on any atom is -0.391 e. The number of nitrogens with zero attached hydrogens (tertiary/aromatic N) is 1. The Hall–Kier alpha value is -1.02. The quantitative estimate of drug-likeness (QED) is 0.537. The molecular formula is C10H12ClNO. The second-order valence-electron chi connectivity index (χ2n) is 2.60. The molecule has 13 heavy (non-hydrogen) atoms. The van der Waals surface area contributed by atoms with Crippen LogP contribution in [0.5, 0.6) is 0 Å². The summed E-state index contributed by atoms with van der Waals surface area (Å²) in [6, 6.07) is 7.52. The lowest BCUT2D eigenvalue weighted by molar-refractivity contribution is 0.131. The molecule has 70 valence electrons. The highest BCUT2D eigenvalue weighted by Crippen LogP contribution is 2.10. The largest absolute Gasteiger partial charge is 0.391 e. The first-order valence-corrected chi connectivity index (χ1v) is 4.59. The Kier molecular flexibility index (Phi) is 4.33. The van der Waals surface area contributed by atoms with Crippen LogP contribution in [0, 0.1) is 0 Å². The molecule has 0 heterocycles. The molecule has 0 fully saturated rings. The molecule has 1 rings (SSSR count). The number of benzene rings is 1. The minimum atomic E-state index is 0.494. The van der Waals surface area contributed by atoms with E-state index in [-0.39, 0.29) is 0 Å². The molecule has 0 atom stereocenters. The van der Waals surface area contributed by atoms with Crippen LogP contribution in [-0.4, -0.2) is 6.21 Å². The van der Waals surface area contributed by atoms with Crippen LogP contribution in [0.25, 0.3) is 0 Å². The van der Waals surface area contributed by atoms with Crippen molar-refractivity contribution >= 4 is 17.8 Å². The van der Waals surface area contributed by atoms with Crippen LogP contribution < -0.4 is 0 Å². The van der Waals surface area contributed by atoms with Crippen molar-refractivity contribution in [3.05, 3.63) is 34.9 Å². The lowest BCUT2D eigenvalue weighted by Crippen LogP contribution is -1.86. The average Bonchev–Trinajstić information content (AvgIpc) is 2.15. The maximum absolute atomic E-state index is 5.73. The normalized spacial score (nSPS) is 10.6. The SMILES string of the molecule is CC/C=N/OCc1ccc(Cl)cc1. The van der Waals surface area contributed by atoms with Gasteiger partial charge in [0, 0.05) is 11.2 Å². The first kappa shape index (κ1) is 10.1. The zero-order valence-electron chi connectivity index (χ0n) is 7.53. The van der Waals surface area contributed by atoms with Crippen molar-refractivity contribution in [2.24, 2.45) is 5.16 Å². The molecule has 0 unspecified atom stereocenters. The van der Waals surface area contributed by atoms with Crippen molar-refractivity contribution in [2.45, 2.75) is 20.0 Å². The van der Waals surface area contributed by atoms with E-state index in [0.717, 1.165) is 17.0 Å². The number of halogens is 1. The Morgan fingerprint density at radius 1 is 1.38 bits per heavy atom. The van der Waals surface area contributed by atoms with Crippen molar-refractivity contribution in [3.63, 3.8) is 0 Å². The van der Waals surface area contributed by atoms with Gasteiger partial charge in [-0.3, -0.25) is 0 Å². The number of hydrogen-bond donors (Lipinski definition) is 0. The molecule has 2 nitrogen and oxygen atoms in total. The van der Waals surface area contributed by atoms with Crippen molar-refractivity contribution in [1.82, 2.24) is 0 Å². The highest BCUT2D eigenvalue weighted by Gasteiger charge is 1.91. The number of oxime groups is 1. The van der Waals surface area contributed by atoms with Crippen molar-refractivity contribution in [3.8, 4) is 0 Å². The fraction of sp³-hybridized carbons (Fsp3) is 0.300. The van der Waals surface area contributed by atoms with Gasteiger partial charge in [-0.1, -0.05) is 35.8 Å². The Balaban J connectivity index is 2.37. The van der Waals surface area contributed by atoms with Crippen LogP contribution >= 0.6 is 11.6 Å². The summed E-state index contributed by atoms with van der Waals surface area (Å²) in [6.07, 6.45) is 2.62. The Morgan fingerprint density at radius 3 is 2.69 bits per heavy atom. The van der Waals surface area contributed by atoms with E-state index in [1.54, 1.807) is 6.21 Å². The minimum absolute atomic E-state index is 0.494. The van der Waals surface area contributed by atoms with Crippen molar-refractivity contribution in [2.75, 3.05) is 0 Å². The molecule has 0 bridgehead atoms. The number of hydrogen-bond acceptors (Lipinski definition) is 2. The lowest BCUT2D eigenvalue weighted by Gasteiger charge is -1.98. The fourth-order valence-electron chi connectivity index (χ4n) is 0.820. The molecule has 0 aliphatic carbocycles. The van der Waals surface area contributed by atoms with Gasteiger partial charge in [0.2, 0.25) is 0 Å². The Bertz CT molecular complexity index is 269. The fourth-order valence-corrected chi connectivity index (χ4v) is 0.946. The molecule has 0 N–H and O–H groups in total. The van der Waals surface area contributed by atoms with Gasteiger partial charge in [0.1, 0.15) is 6.61 Å². The molecule has 1 aromatic rings. The van der Waals surface area contributed by atoms with Gasteiger partial charge in [0.25, 0.3) is 0 Å². The van der Waals surface area contributed by atoms with Gasteiger partial charge < -0.3 is 4.84 Å². The average molecular weight is 198 g/mol. The predicted molar refractivity (Wildman–Crippen MR) is 55.0 cm³/mol. The molecule has 1 aromatic carbocycles. The summed E-state index contributed by atoms with van der Waals surface area (Å²) in [4.78, 5) is 5.03. The maximum Gasteiger partial charge on any atom is 0.142 e. The third-order valence-electron chi connectivity index (χ3n) is 1.48. The van der Waals surface area contributed by atoms with Crippen molar-refractivity contribution < 1.29 is 4.84 Å². The predicted octanol–water partition coefficient (Wildman–Crippen LogP) is 3.25. The van der Waals surface area contributed by atoms with Gasteiger partial charge in [-0.2, -0.15) is 0 Å². The summed E-state index contributed by atoms with van der Waals surface area (Å²) in [7, 11) is 0. The van der Waals surface area contributed by atoms with Crippen LogP contribution in [0.1, 0.15) is 18.9 Å². The molecule has 0 aromatic heterocycles. The standard InChI is InChI=1S/C10H12ClNO/c1-2-7-12-13-8-9-3-5-10(11)6-4-9/h3-7H,2,8H2,1H3/b12-7+. The van der Waals surface area contributed by atoms with Crippen molar-refractivity contribution in [1.29, 1.82) is 0 Å². The van der Waals surface area contributed by atoms with Gasteiger partial charge in [0.05, 0.1) is 0 Å². The topological polar surface area (TPSA) is 21.6 Å². The molecule has 0 saturated carbocycles. The van der Waals surface area contributed by atoms with Crippen LogP contribution in [0.15, 0.2) is 29.4 Å². The summed E-state index contributed by atoms with van der Waals surface area (Å²) in [5, 5.41) is 4.49. The van der Waals surface area contributed by atoms with Gasteiger partial charge in [0.15, 0.2) is 0 Å². The van der Waals surface area contributed by atoms with Crippen LogP contribution in [-0.2, 0) is 11.4 Å². The highest BCUT2D eigenvalue weighted by molar-refractivity contribution is 6.30. The van der Waals surface area contributed by atoms with E-state index in [2.05, 4.69) is 5.16 Å².